The van der Waals surface area contributed by atoms with Gasteiger partial charge in [-0.15, -0.1) is 0 Å². The minimum atomic E-state index is -2.49. The smallest absolute Gasteiger partial charge is 0.257 e. The Morgan fingerprint density at radius 1 is 0.964 bits per heavy atom. The van der Waals surface area contributed by atoms with Crippen LogP contribution in [0.2, 0.25) is 6.04 Å². The predicted octanol–water partition coefficient (Wildman–Crippen LogP) is 4.13. The molecule has 4 heteroatoms. The lowest BCUT2D eigenvalue weighted by molar-refractivity contribution is -0.141. The number of allylic oxidation sites excluding steroid dienone is 1. The highest BCUT2D eigenvalue weighted by Gasteiger charge is 2.48. The molecule has 1 heterocycles. The maximum absolute atomic E-state index is 6.39. The average molecular weight is 397 g/mol. The van der Waals surface area contributed by atoms with Crippen molar-refractivity contribution in [3.63, 3.8) is 0 Å². The van der Waals surface area contributed by atoms with E-state index in [1.807, 2.05) is 21.0 Å². The van der Waals surface area contributed by atoms with Crippen LogP contribution in [0.4, 0.5) is 0 Å². The largest absolute Gasteiger partial charge is 0.411 e. The van der Waals surface area contributed by atoms with E-state index in [0.717, 1.165) is 6.04 Å². The van der Waals surface area contributed by atoms with E-state index in [0.29, 0.717) is 5.92 Å². The maximum Gasteiger partial charge on any atom is 0.257 e. The van der Waals surface area contributed by atoms with Crippen LogP contribution in [0, 0.1) is 5.92 Å². The molecule has 2 atom stereocenters. The van der Waals surface area contributed by atoms with Gasteiger partial charge in [-0.3, -0.25) is 0 Å². The van der Waals surface area contributed by atoms with Crippen molar-refractivity contribution in [2.24, 2.45) is 5.92 Å². The molecule has 0 aromatic heterocycles. The van der Waals surface area contributed by atoms with Crippen LogP contribution < -0.4 is 10.4 Å². The van der Waals surface area contributed by atoms with Crippen molar-refractivity contribution < 1.29 is 13.9 Å². The Bertz CT molecular complexity index is 731. The number of ether oxygens (including phenoxy) is 2. The van der Waals surface area contributed by atoms with Crippen molar-refractivity contribution in [3.05, 3.63) is 72.8 Å². The molecule has 0 amide bonds. The number of benzene rings is 2. The topological polar surface area (TPSA) is 27.7 Å². The second kappa shape index (κ2) is 8.74. The molecule has 0 saturated carbocycles. The van der Waals surface area contributed by atoms with Gasteiger partial charge in [0.2, 0.25) is 0 Å². The third kappa shape index (κ3) is 4.63. The van der Waals surface area contributed by atoms with E-state index in [-0.39, 0.29) is 12.2 Å². The van der Waals surface area contributed by atoms with Gasteiger partial charge in [0.1, 0.15) is 6.10 Å². The standard InChI is InChI=1S/C24H32O3Si/c1-19(2)16-17-22-23(27-24(3,4)26-22)18-28(25-5,20-12-8-6-9-13-20)21-14-10-7-11-15-21/h6-17,19,22-23H,18H2,1-5H3/b17-16+/t22-,23+/m1/s1. The Kier molecular flexibility index (Phi) is 6.56. The van der Waals surface area contributed by atoms with Gasteiger partial charge in [0.25, 0.3) is 8.32 Å². The molecule has 0 unspecified atom stereocenters. The van der Waals surface area contributed by atoms with Gasteiger partial charge in [0, 0.05) is 13.2 Å². The average Bonchev–Trinajstić information content (AvgIpc) is 2.99. The monoisotopic (exact) mass is 396 g/mol. The van der Waals surface area contributed by atoms with Crippen LogP contribution in [-0.4, -0.2) is 33.4 Å². The SMILES string of the molecule is CO[Si](C[C@@H]1OC(C)(C)O[C@@H]1/C=C/C(C)C)(c1ccccc1)c1ccccc1. The van der Waals surface area contributed by atoms with E-state index >= 15 is 0 Å². The zero-order valence-corrected chi connectivity index (χ0v) is 18.6. The summed E-state index contributed by atoms with van der Waals surface area (Å²) in [5.74, 6) is -0.126. The fourth-order valence-corrected chi connectivity index (χ4v) is 7.72. The zero-order valence-electron chi connectivity index (χ0n) is 17.6. The third-order valence-electron chi connectivity index (χ3n) is 5.22. The molecule has 150 valence electrons. The Morgan fingerprint density at radius 3 is 1.96 bits per heavy atom. The molecule has 1 saturated heterocycles. The van der Waals surface area contributed by atoms with Crippen molar-refractivity contribution in [2.75, 3.05) is 7.11 Å². The summed E-state index contributed by atoms with van der Waals surface area (Å²) in [5.41, 5.74) is 0. The molecule has 2 aromatic carbocycles. The molecule has 3 rings (SSSR count). The highest BCUT2D eigenvalue weighted by atomic mass is 28.4. The minimum absolute atomic E-state index is 0.0583. The fourth-order valence-electron chi connectivity index (χ4n) is 3.94. The van der Waals surface area contributed by atoms with Crippen LogP contribution in [0.3, 0.4) is 0 Å². The number of rotatable bonds is 7. The lowest BCUT2D eigenvalue weighted by Crippen LogP contribution is -2.62. The Balaban J connectivity index is 2.01. The Morgan fingerprint density at radius 2 is 1.50 bits per heavy atom. The van der Waals surface area contributed by atoms with Crippen molar-refractivity contribution in [1.29, 1.82) is 0 Å². The first-order valence-electron chi connectivity index (χ1n) is 10.1. The summed E-state index contributed by atoms with van der Waals surface area (Å²) in [6.45, 7) is 8.33. The first-order valence-corrected chi connectivity index (χ1v) is 12.2. The van der Waals surface area contributed by atoms with Crippen LogP contribution >= 0.6 is 0 Å². The fraction of sp³-hybridized carbons (Fsp3) is 0.417. The lowest BCUT2D eigenvalue weighted by Gasteiger charge is -2.33. The van der Waals surface area contributed by atoms with Crippen LogP contribution in [0.25, 0.3) is 0 Å². The Labute approximate surface area is 170 Å². The molecule has 0 N–H and O–H groups in total. The summed E-state index contributed by atoms with van der Waals surface area (Å²) in [6, 6.07) is 22.0. The zero-order chi connectivity index (χ0) is 20.2. The molecule has 0 aliphatic carbocycles. The van der Waals surface area contributed by atoms with Gasteiger partial charge in [-0.25, -0.2) is 0 Å². The van der Waals surface area contributed by atoms with Gasteiger partial charge in [0.05, 0.1) is 6.10 Å². The molecule has 1 aliphatic heterocycles. The summed E-state index contributed by atoms with van der Waals surface area (Å²) < 4.78 is 19.0. The lowest BCUT2D eigenvalue weighted by atomic mass is 10.1. The second-order valence-electron chi connectivity index (χ2n) is 8.23. The normalized spacial score (nSPS) is 22.2. The van der Waals surface area contributed by atoms with Gasteiger partial charge in [0.15, 0.2) is 5.79 Å². The van der Waals surface area contributed by atoms with Crippen molar-refractivity contribution in [2.45, 2.75) is 51.7 Å². The van der Waals surface area contributed by atoms with Crippen LogP contribution in [0.1, 0.15) is 27.7 Å². The molecule has 3 nitrogen and oxygen atoms in total. The van der Waals surface area contributed by atoms with Crippen molar-refractivity contribution >= 4 is 18.7 Å². The predicted molar refractivity (Wildman–Crippen MR) is 118 cm³/mol. The van der Waals surface area contributed by atoms with Crippen LogP contribution in [0.15, 0.2) is 72.8 Å². The quantitative estimate of drug-likeness (QED) is 0.520. The second-order valence-corrected chi connectivity index (χ2v) is 11.9. The van der Waals surface area contributed by atoms with Gasteiger partial charge in [-0.1, -0.05) is 86.7 Å². The summed E-state index contributed by atoms with van der Waals surface area (Å²) in [5, 5.41) is 2.51. The number of hydrogen-bond acceptors (Lipinski definition) is 3. The summed E-state index contributed by atoms with van der Waals surface area (Å²) in [6.07, 6.45) is 4.22. The minimum Gasteiger partial charge on any atom is -0.411 e. The van der Waals surface area contributed by atoms with Gasteiger partial charge in [-0.05, 0) is 30.1 Å². The van der Waals surface area contributed by atoms with E-state index in [4.69, 9.17) is 13.9 Å². The van der Waals surface area contributed by atoms with E-state index in [1.165, 1.54) is 10.4 Å². The van der Waals surface area contributed by atoms with Gasteiger partial charge >= 0.3 is 0 Å². The highest BCUT2D eigenvalue weighted by Crippen LogP contribution is 2.34. The molecule has 0 radical (unpaired) electrons. The van der Waals surface area contributed by atoms with E-state index in [1.54, 1.807) is 0 Å². The van der Waals surface area contributed by atoms with E-state index in [9.17, 15) is 0 Å². The molecule has 0 bridgehead atoms. The maximum atomic E-state index is 6.39. The van der Waals surface area contributed by atoms with Crippen molar-refractivity contribution in [3.8, 4) is 0 Å². The molecule has 28 heavy (non-hydrogen) atoms. The first kappa shape index (κ1) is 21.0. The third-order valence-corrected chi connectivity index (χ3v) is 9.43. The molecule has 1 aliphatic rings. The Hall–Kier alpha value is -1.72. The van der Waals surface area contributed by atoms with Crippen LogP contribution in [-0.2, 0) is 13.9 Å². The molecular formula is C24H32O3Si. The van der Waals surface area contributed by atoms with E-state index in [2.05, 4.69) is 86.7 Å². The summed E-state index contributed by atoms with van der Waals surface area (Å²) in [7, 11) is -0.647. The summed E-state index contributed by atoms with van der Waals surface area (Å²) >= 11 is 0. The molecule has 1 fully saturated rings. The van der Waals surface area contributed by atoms with Crippen LogP contribution in [0.5, 0.6) is 0 Å². The molecular weight excluding hydrogens is 364 g/mol. The highest BCUT2D eigenvalue weighted by molar-refractivity contribution is 6.97. The van der Waals surface area contributed by atoms with Gasteiger partial charge < -0.3 is 13.9 Å². The molecule has 0 spiro atoms. The van der Waals surface area contributed by atoms with E-state index < -0.39 is 14.1 Å². The first-order chi connectivity index (χ1) is 13.4. The van der Waals surface area contributed by atoms with Gasteiger partial charge in [-0.2, -0.15) is 0 Å². The molecule has 2 aromatic rings. The number of hydrogen-bond donors (Lipinski definition) is 0. The summed E-state index contributed by atoms with van der Waals surface area (Å²) in [4.78, 5) is 0. The van der Waals surface area contributed by atoms with Crippen molar-refractivity contribution in [1.82, 2.24) is 0 Å².